The van der Waals surface area contributed by atoms with E-state index in [0.717, 1.165) is 37.5 Å². The molecule has 2 rings (SSSR count). The monoisotopic (exact) mass is 209 g/mol. The molecular weight excluding hydrogens is 190 g/mol. The van der Waals surface area contributed by atoms with E-state index in [2.05, 4.69) is 22.4 Å². The van der Waals surface area contributed by atoms with Gasteiger partial charge in [0.2, 0.25) is 5.89 Å². The van der Waals surface area contributed by atoms with Gasteiger partial charge in [0.25, 0.3) is 0 Å². The number of hydrogen-bond donors (Lipinski definition) is 1. The van der Waals surface area contributed by atoms with Crippen molar-refractivity contribution in [2.24, 2.45) is 0 Å². The van der Waals surface area contributed by atoms with Gasteiger partial charge in [-0.05, 0) is 25.8 Å². The summed E-state index contributed by atoms with van der Waals surface area (Å²) in [5.41, 5.74) is 0. The highest BCUT2D eigenvalue weighted by Crippen LogP contribution is 2.20. The first kappa shape index (κ1) is 10.6. The lowest BCUT2D eigenvalue weighted by atomic mass is 10.2. The van der Waals surface area contributed by atoms with Crippen LogP contribution in [0.5, 0.6) is 0 Å². The largest absolute Gasteiger partial charge is 0.339 e. The molecule has 1 aliphatic rings. The van der Waals surface area contributed by atoms with E-state index in [0.29, 0.717) is 6.04 Å². The molecule has 1 aliphatic heterocycles. The van der Waals surface area contributed by atoms with Gasteiger partial charge in [0.1, 0.15) is 0 Å². The van der Waals surface area contributed by atoms with Crippen LogP contribution in [0.2, 0.25) is 0 Å². The highest BCUT2D eigenvalue weighted by Gasteiger charge is 2.21. The van der Waals surface area contributed by atoms with E-state index in [-0.39, 0.29) is 0 Å². The average Bonchev–Trinajstić information content (AvgIpc) is 2.87. The Balaban J connectivity index is 1.86. The van der Waals surface area contributed by atoms with E-state index in [1.807, 2.05) is 0 Å². The molecule has 0 radical (unpaired) electrons. The highest BCUT2D eigenvalue weighted by molar-refractivity contribution is 4.96. The fourth-order valence-electron chi connectivity index (χ4n) is 1.94. The molecule has 2 heterocycles. The summed E-state index contributed by atoms with van der Waals surface area (Å²) in [5.74, 6) is 1.64. The van der Waals surface area contributed by atoms with E-state index >= 15 is 0 Å². The van der Waals surface area contributed by atoms with E-state index in [4.69, 9.17) is 4.52 Å². The number of aryl methyl sites for hydroxylation is 1. The van der Waals surface area contributed by atoms with Crippen LogP contribution >= 0.6 is 0 Å². The Labute approximate surface area is 90.4 Å². The first-order valence-electron chi connectivity index (χ1n) is 5.96. The highest BCUT2D eigenvalue weighted by atomic mass is 16.5. The van der Waals surface area contributed by atoms with E-state index in [1.54, 1.807) is 0 Å². The van der Waals surface area contributed by atoms with Gasteiger partial charge < -0.3 is 9.84 Å². The van der Waals surface area contributed by atoms with E-state index < -0.39 is 0 Å². The van der Waals surface area contributed by atoms with Gasteiger partial charge in [0.15, 0.2) is 5.82 Å². The molecule has 84 valence electrons. The Kier molecular flexibility index (Phi) is 3.72. The molecule has 0 aromatic carbocycles. The summed E-state index contributed by atoms with van der Waals surface area (Å²) < 4.78 is 5.22. The minimum atomic E-state index is 0.327. The van der Waals surface area contributed by atoms with Gasteiger partial charge in [-0.25, -0.2) is 0 Å². The van der Waals surface area contributed by atoms with Crippen LogP contribution in [0.4, 0.5) is 0 Å². The summed E-state index contributed by atoms with van der Waals surface area (Å²) in [6.45, 7) is 3.27. The quantitative estimate of drug-likeness (QED) is 0.755. The van der Waals surface area contributed by atoms with Crippen molar-refractivity contribution in [1.82, 2.24) is 15.5 Å². The molecule has 1 aromatic rings. The van der Waals surface area contributed by atoms with Crippen molar-refractivity contribution < 1.29 is 4.52 Å². The third-order valence-electron chi connectivity index (χ3n) is 2.85. The third-order valence-corrected chi connectivity index (χ3v) is 2.85. The zero-order chi connectivity index (χ0) is 10.5. The number of unbranched alkanes of at least 4 members (excludes halogenated alkanes) is 2. The molecule has 15 heavy (non-hydrogen) atoms. The van der Waals surface area contributed by atoms with Crippen molar-refractivity contribution in [3.8, 4) is 0 Å². The minimum absolute atomic E-state index is 0.327. The number of rotatable bonds is 5. The zero-order valence-electron chi connectivity index (χ0n) is 9.33. The number of nitrogens with one attached hydrogen (secondary N) is 1. The second kappa shape index (κ2) is 5.26. The Bertz CT molecular complexity index is 292. The molecule has 1 atom stereocenters. The topological polar surface area (TPSA) is 51.0 Å². The van der Waals surface area contributed by atoms with Crippen molar-refractivity contribution in [2.75, 3.05) is 6.54 Å². The molecule has 0 amide bonds. The Hall–Kier alpha value is -0.900. The summed E-state index contributed by atoms with van der Waals surface area (Å²) >= 11 is 0. The fourth-order valence-corrected chi connectivity index (χ4v) is 1.94. The molecule has 1 unspecified atom stereocenters. The summed E-state index contributed by atoms with van der Waals surface area (Å²) in [6.07, 6.45) is 6.88. The van der Waals surface area contributed by atoms with Crippen LogP contribution in [0.3, 0.4) is 0 Å². The maximum Gasteiger partial charge on any atom is 0.226 e. The van der Waals surface area contributed by atoms with E-state index in [1.165, 1.54) is 19.3 Å². The lowest BCUT2D eigenvalue weighted by Gasteiger charge is -2.01. The molecule has 4 heteroatoms. The Morgan fingerprint density at radius 1 is 1.47 bits per heavy atom. The Morgan fingerprint density at radius 2 is 2.40 bits per heavy atom. The third kappa shape index (κ3) is 2.78. The number of hydrogen-bond acceptors (Lipinski definition) is 4. The van der Waals surface area contributed by atoms with Crippen LogP contribution < -0.4 is 5.32 Å². The second-order valence-electron chi connectivity index (χ2n) is 4.15. The van der Waals surface area contributed by atoms with Crippen molar-refractivity contribution in [2.45, 2.75) is 51.5 Å². The van der Waals surface area contributed by atoms with Crippen LogP contribution in [-0.2, 0) is 6.42 Å². The Morgan fingerprint density at radius 3 is 3.13 bits per heavy atom. The standard InChI is InChI=1S/C11H19N3O/c1-2-3-4-7-10-13-11(14-15-10)9-6-5-8-12-9/h9,12H,2-8H2,1H3. The minimum Gasteiger partial charge on any atom is -0.339 e. The zero-order valence-corrected chi connectivity index (χ0v) is 9.33. The van der Waals surface area contributed by atoms with Gasteiger partial charge in [-0.1, -0.05) is 24.9 Å². The lowest BCUT2D eigenvalue weighted by Crippen LogP contribution is -2.14. The molecule has 1 aromatic heterocycles. The molecule has 0 aliphatic carbocycles. The van der Waals surface area contributed by atoms with E-state index in [9.17, 15) is 0 Å². The van der Waals surface area contributed by atoms with Gasteiger partial charge in [0.05, 0.1) is 6.04 Å². The van der Waals surface area contributed by atoms with Crippen LogP contribution in [-0.4, -0.2) is 16.7 Å². The van der Waals surface area contributed by atoms with Crippen LogP contribution in [0, 0.1) is 0 Å². The number of nitrogens with zero attached hydrogens (tertiary/aromatic N) is 2. The van der Waals surface area contributed by atoms with Gasteiger partial charge in [-0.3, -0.25) is 0 Å². The maximum atomic E-state index is 5.22. The summed E-state index contributed by atoms with van der Waals surface area (Å²) in [6, 6.07) is 0.327. The molecule has 0 bridgehead atoms. The molecule has 0 saturated carbocycles. The summed E-state index contributed by atoms with van der Waals surface area (Å²) in [5, 5.41) is 7.40. The second-order valence-corrected chi connectivity index (χ2v) is 4.15. The average molecular weight is 209 g/mol. The maximum absolute atomic E-state index is 5.22. The fraction of sp³-hybridized carbons (Fsp3) is 0.818. The van der Waals surface area contributed by atoms with Crippen molar-refractivity contribution in [3.63, 3.8) is 0 Å². The smallest absolute Gasteiger partial charge is 0.226 e. The van der Waals surface area contributed by atoms with Crippen LogP contribution in [0.1, 0.15) is 56.8 Å². The van der Waals surface area contributed by atoms with Gasteiger partial charge in [-0.15, -0.1) is 0 Å². The van der Waals surface area contributed by atoms with Crippen LogP contribution in [0.25, 0.3) is 0 Å². The van der Waals surface area contributed by atoms with Crippen molar-refractivity contribution in [1.29, 1.82) is 0 Å². The SMILES string of the molecule is CCCCCc1nc(C2CCCN2)no1. The van der Waals surface area contributed by atoms with Crippen molar-refractivity contribution >= 4 is 0 Å². The summed E-state index contributed by atoms with van der Waals surface area (Å²) in [7, 11) is 0. The molecule has 1 fully saturated rings. The molecule has 1 saturated heterocycles. The van der Waals surface area contributed by atoms with Crippen LogP contribution in [0.15, 0.2) is 4.52 Å². The molecular formula is C11H19N3O. The predicted molar refractivity (Wildman–Crippen MR) is 57.5 cm³/mol. The van der Waals surface area contributed by atoms with Crippen molar-refractivity contribution in [3.05, 3.63) is 11.7 Å². The lowest BCUT2D eigenvalue weighted by molar-refractivity contribution is 0.364. The predicted octanol–water partition coefficient (Wildman–Crippen LogP) is 2.23. The molecule has 0 spiro atoms. The first-order valence-corrected chi connectivity index (χ1v) is 5.96. The number of aromatic nitrogens is 2. The summed E-state index contributed by atoms with van der Waals surface area (Å²) in [4.78, 5) is 4.42. The van der Waals surface area contributed by atoms with Gasteiger partial charge in [-0.2, -0.15) is 4.98 Å². The van der Waals surface area contributed by atoms with Gasteiger partial charge in [0, 0.05) is 6.42 Å². The van der Waals surface area contributed by atoms with Gasteiger partial charge >= 0.3 is 0 Å². The normalized spacial score (nSPS) is 21.0. The first-order chi connectivity index (χ1) is 7.40. The molecule has 1 N–H and O–H groups in total. The molecule has 4 nitrogen and oxygen atoms in total.